The number of phosphoric acid groups is 1. The fourth-order valence-corrected chi connectivity index (χ4v) is 4.42. The van der Waals surface area contributed by atoms with Crippen molar-refractivity contribution in [3.63, 3.8) is 0 Å². The summed E-state index contributed by atoms with van der Waals surface area (Å²) < 4.78 is 40.7. The van der Waals surface area contributed by atoms with Gasteiger partial charge in [0.1, 0.15) is 16.6 Å². The van der Waals surface area contributed by atoms with Crippen molar-refractivity contribution in [2.24, 2.45) is 0 Å². The third-order valence-corrected chi connectivity index (χ3v) is 6.71. The predicted molar refractivity (Wildman–Crippen MR) is 122 cm³/mol. The average Bonchev–Trinajstić information content (AvgIpc) is 2.66. The van der Waals surface area contributed by atoms with E-state index >= 15 is 0 Å². The molecule has 0 N–H and O–H groups in total. The summed E-state index contributed by atoms with van der Waals surface area (Å²) >= 11 is 15.7. The Kier molecular flexibility index (Phi) is 14.6. The van der Waals surface area contributed by atoms with Gasteiger partial charge in [0.2, 0.25) is 5.88 Å². The van der Waals surface area contributed by atoms with Crippen molar-refractivity contribution in [1.82, 2.24) is 9.97 Å². The molecule has 1 aromatic rings. The molecule has 0 bridgehead atoms. The lowest BCUT2D eigenvalue weighted by Crippen LogP contribution is -2.06. The minimum atomic E-state index is -3.48. The number of hydrogen-bond acceptors (Lipinski definition) is 10. The summed E-state index contributed by atoms with van der Waals surface area (Å²) in [6, 6.07) is 1.74. The molecule has 0 aliphatic carbocycles. The quantitative estimate of drug-likeness (QED) is 0.243. The van der Waals surface area contributed by atoms with Crippen LogP contribution in [0.25, 0.3) is 0 Å². The van der Waals surface area contributed by atoms with E-state index in [0.29, 0.717) is 19.1 Å². The summed E-state index contributed by atoms with van der Waals surface area (Å²) in [7, 11) is -1.12. The van der Waals surface area contributed by atoms with Crippen LogP contribution in [0.15, 0.2) is 16.8 Å². The van der Waals surface area contributed by atoms with Crippen molar-refractivity contribution < 1.29 is 31.7 Å². The second-order valence-electron chi connectivity index (χ2n) is 5.56. The summed E-state index contributed by atoms with van der Waals surface area (Å²) in [6.45, 7) is 7.78. The topological polar surface area (TPSA) is 98.2 Å². The number of rotatable bonds is 11. The summed E-state index contributed by atoms with van der Waals surface area (Å²) in [5.74, 6) is 1.37. The molecule has 0 saturated heterocycles. The molecule has 0 aliphatic rings. The van der Waals surface area contributed by atoms with E-state index in [1.54, 1.807) is 6.07 Å². The van der Waals surface area contributed by atoms with Crippen LogP contribution in [0.1, 0.15) is 45.1 Å². The zero-order valence-electron chi connectivity index (χ0n) is 18.0. The Hall–Kier alpha value is -0.280. The van der Waals surface area contributed by atoms with Gasteiger partial charge in [-0.05, 0) is 20.8 Å². The van der Waals surface area contributed by atoms with Crippen LogP contribution in [0.2, 0.25) is 0 Å². The Balaban J connectivity index is 0.000000654. The Morgan fingerprint density at radius 2 is 1.70 bits per heavy atom. The maximum absolute atomic E-state index is 11.0. The van der Waals surface area contributed by atoms with Gasteiger partial charge in [0.15, 0.2) is 0 Å². The van der Waals surface area contributed by atoms with Gasteiger partial charge in [-0.25, -0.2) is 9.55 Å². The molecule has 0 atom stereocenters. The van der Waals surface area contributed by atoms with Crippen molar-refractivity contribution in [1.29, 1.82) is 0 Å². The van der Waals surface area contributed by atoms with Gasteiger partial charge in [-0.1, -0.05) is 37.0 Å². The zero-order chi connectivity index (χ0) is 23.4. The lowest BCUT2D eigenvalue weighted by molar-refractivity contribution is 0.194. The lowest BCUT2D eigenvalue weighted by Gasteiger charge is -2.20. The van der Waals surface area contributed by atoms with E-state index in [4.69, 9.17) is 48.6 Å². The van der Waals surface area contributed by atoms with Crippen LogP contribution < -0.4 is 4.52 Å². The molecule has 0 fully saturated rings. The van der Waals surface area contributed by atoms with Crippen molar-refractivity contribution >= 4 is 49.6 Å². The Labute approximate surface area is 193 Å². The van der Waals surface area contributed by atoms with E-state index in [1.807, 2.05) is 34.6 Å². The number of halogens is 2. The molecule has 1 heterocycles. The van der Waals surface area contributed by atoms with E-state index < -0.39 is 14.5 Å². The number of aromatic nitrogens is 2. The SMILES string of the molecule is CCOP(=S)(OCC)Oc1cc(C)nc(C(C)C)n1.COP(=O)(OC)OC=C(Cl)Cl. The predicted octanol–water partition coefficient (Wildman–Crippen LogP) is 6.27. The molecule has 1 aromatic heterocycles. The molecule has 174 valence electrons. The van der Waals surface area contributed by atoms with Gasteiger partial charge < -0.3 is 9.05 Å². The van der Waals surface area contributed by atoms with E-state index in [-0.39, 0.29) is 10.4 Å². The smallest absolute Gasteiger partial charge is 0.409 e. The highest BCUT2D eigenvalue weighted by Crippen LogP contribution is 2.49. The molecule has 9 nitrogen and oxygen atoms in total. The molecule has 30 heavy (non-hydrogen) atoms. The first kappa shape index (κ1) is 29.7. The first-order valence-corrected chi connectivity index (χ1v) is 13.6. The summed E-state index contributed by atoms with van der Waals surface area (Å²) in [4.78, 5) is 8.71. The zero-order valence-corrected chi connectivity index (χ0v) is 22.1. The summed E-state index contributed by atoms with van der Waals surface area (Å²) in [5.41, 5.74) is 0.836. The van der Waals surface area contributed by atoms with Crippen LogP contribution in [-0.4, -0.2) is 37.4 Å². The molecule has 0 aliphatic heterocycles. The van der Waals surface area contributed by atoms with Gasteiger partial charge in [-0.15, -0.1) is 0 Å². The molecular weight excluding hydrogens is 497 g/mol. The monoisotopic (exact) mass is 524 g/mol. The van der Waals surface area contributed by atoms with Crippen molar-refractivity contribution in [2.45, 2.75) is 40.5 Å². The second-order valence-corrected chi connectivity index (χ2v) is 11.3. The maximum atomic E-state index is 11.0. The fourth-order valence-electron chi connectivity index (χ4n) is 1.65. The van der Waals surface area contributed by atoms with Crippen molar-refractivity contribution in [3.8, 4) is 5.88 Å². The highest BCUT2D eigenvalue weighted by atomic mass is 35.5. The van der Waals surface area contributed by atoms with E-state index in [9.17, 15) is 4.57 Å². The summed E-state index contributed by atoms with van der Waals surface area (Å²) in [6.07, 6.45) is 0.872. The van der Waals surface area contributed by atoms with Crippen LogP contribution in [0, 0.1) is 6.92 Å². The van der Waals surface area contributed by atoms with Gasteiger partial charge in [0.25, 0.3) is 0 Å². The van der Waals surface area contributed by atoms with E-state index in [2.05, 4.69) is 23.5 Å². The average molecular weight is 525 g/mol. The van der Waals surface area contributed by atoms with E-state index in [0.717, 1.165) is 17.8 Å². The Morgan fingerprint density at radius 1 is 1.17 bits per heavy atom. The minimum absolute atomic E-state index is 0.167. The molecule has 1 rings (SSSR count). The highest BCUT2D eigenvalue weighted by Gasteiger charge is 2.23. The van der Waals surface area contributed by atoms with Gasteiger partial charge in [0.05, 0.1) is 13.2 Å². The van der Waals surface area contributed by atoms with Gasteiger partial charge in [-0.3, -0.25) is 18.1 Å². The van der Waals surface area contributed by atoms with Crippen molar-refractivity contribution in [2.75, 3.05) is 27.4 Å². The highest BCUT2D eigenvalue weighted by molar-refractivity contribution is 8.07. The first-order chi connectivity index (χ1) is 13.9. The summed E-state index contributed by atoms with van der Waals surface area (Å²) in [5, 5.41) is 0. The molecule has 0 saturated carbocycles. The number of aryl methyl sites for hydroxylation is 1. The van der Waals surface area contributed by atoms with Crippen LogP contribution in [0.3, 0.4) is 0 Å². The molecule has 0 aromatic carbocycles. The molecule has 0 radical (unpaired) electrons. The number of phosphoric ester groups is 1. The normalized spacial score (nSPS) is 11.5. The number of hydrogen-bond donors (Lipinski definition) is 0. The molecule has 14 heteroatoms. The van der Waals surface area contributed by atoms with E-state index in [1.165, 1.54) is 14.2 Å². The second kappa shape index (κ2) is 14.7. The van der Waals surface area contributed by atoms with Gasteiger partial charge in [-0.2, -0.15) is 4.98 Å². The molecule has 0 unspecified atom stereocenters. The molecule has 0 amide bonds. The van der Waals surface area contributed by atoms with Gasteiger partial charge in [0, 0.05) is 43.7 Å². The van der Waals surface area contributed by atoms with Gasteiger partial charge >= 0.3 is 14.5 Å². The molecule has 0 spiro atoms. The lowest BCUT2D eigenvalue weighted by atomic mass is 10.2. The first-order valence-electron chi connectivity index (χ1n) is 8.79. The molecular formula is C16H28Cl2N2O7P2S. The standard InChI is InChI=1S/C12H21N2O3PS.C4H7Cl2O4P/c1-6-15-18(19,16-7-2)17-11-8-10(5)13-12(14-11)9(3)4;1-8-11(7,9-2)10-3-4(5)6/h8-9H,6-7H2,1-5H3;3H,1-2H3. The van der Waals surface area contributed by atoms with Crippen LogP contribution >= 0.6 is 37.7 Å². The Bertz CT molecular complexity index is 762. The maximum Gasteiger partial charge on any atom is 0.529 e. The fraction of sp³-hybridized carbons (Fsp3) is 0.625. The van der Waals surface area contributed by atoms with Crippen molar-refractivity contribution in [3.05, 3.63) is 28.3 Å². The minimum Gasteiger partial charge on any atom is -0.409 e. The van der Waals surface area contributed by atoms with Crippen LogP contribution in [0.5, 0.6) is 5.88 Å². The third kappa shape index (κ3) is 11.9. The largest absolute Gasteiger partial charge is 0.529 e. The Morgan fingerprint density at radius 3 is 2.10 bits per heavy atom. The third-order valence-electron chi connectivity index (χ3n) is 2.86. The van der Waals surface area contributed by atoms with Crippen LogP contribution in [-0.2, 0) is 39.0 Å². The number of nitrogens with zero attached hydrogens (tertiary/aromatic N) is 2. The van der Waals surface area contributed by atoms with Crippen LogP contribution in [0.4, 0.5) is 0 Å².